The number of hydrogen-bond acceptors (Lipinski definition) is 4. The number of nitrogens with one attached hydrogen (secondary N) is 4. The zero-order valence-corrected chi connectivity index (χ0v) is 11.0. The lowest BCUT2D eigenvalue weighted by Gasteiger charge is -2.20. The molecule has 0 heterocycles. The van der Waals surface area contributed by atoms with Crippen molar-refractivity contribution in [1.29, 1.82) is 0 Å². The summed E-state index contributed by atoms with van der Waals surface area (Å²) in [5.41, 5.74) is 0.426. The van der Waals surface area contributed by atoms with E-state index in [1.54, 1.807) is 0 Å². The Kier molecular flexibility index (Phi) is 5.27. The molecule has 9 heteroatoms. The van der Waals surface area contributed by atoms with Crippen LogP contribution < -0.4 is 21.3 Å². The summed E-state index contributed by atoms with van der Waals surface area (Å²) in [6.45, 7) is 0. The highest BCUT2D eigenvalue weighted by Crippen LogP contribution is 2.16. The van der Waals surface area contributed by atoms with Crippen molar-refractivity contribution in [2.75, 3.05) is 14.1 Å². The van der Waals surface area contributed by atoms with Gasteiger partial charge in [-0.1, -0.05) is 0 Å². The minimum atomic E-state index is -0.810. The van der Waals surface area contributed by atoms with Gasteiger partial charge in [0.05, 0.1) is 4.92 Å². The summed E-state index contributed by atoms with van der Waals surface area (Å²) < 4.78 is 0. The van der Waals surface area contributed by atoms with Crippen molar-refractivity contribution in [2.45, 2.75) is 6.17 Å². The summed E-state index contributed by atoms with van der Waals surface area (Å²) in [6, 6.07) is 4.50. The third-order valence-electron chi connectivity index (χ3n) is 2.44. The minimum absolute atomic E-state index is 0.0765. The number of urea groups is 2. The number of nitro groups is 1. The van der Waals surface area contributed by atoms with Crippen LogP contribution in [0, 0.1) is 10.1 Å². The zero-order chi connectivity index (χ0) is 15.1. The lowest BCUT2D eigenvalue weighted by atomic mass is 10.1. The van der Waals surface area contributed by atoms with Gasteiger partial charge in [-0.15, -0.1) is 0 Å². The molecule has 4 N–H and O–H groups in total. The maximum atomic E-state index is 11.3. The van der Waals surface area contributed by atoms with E-state index in [9.17, 15) is 19.7 Å². The summed E-state index contributed by atoms with van der Waals surface area (Å²) in [5.74, 6) is 0. The summed E-state index contributed by atoms with van der Waals surface area (Å²) in [4.78, 5) is 32.7. The van der Waals surface area contributed by atoms with Crippen molar-refractivity contribution in [3.05, 3.63) is 39.9 Å². The largest absolute Gasteiger partial charge is 0.341 e. The van der Waals surface area contributed by atoms with Crippen LogP contribution in [0.25, 0.3) is 0 Å². The standard InChI is InChI=1S/C11H15N5O4/c1-12-10(17)14-9(15-11(18)13-2)7-3-5-8(6-4-7)16(19)20/h3-6,9H,1-2H3,(H2,12,14,17)(H2,13,15,18). The first-order valence-electron chi connectivity index (χ1n) is 5.68. The maximum Gasteiger partial charge on any atom is 0.316 e. The summed E-state index contributed by atoms with van der Waals surface area (Å²) in [7, 11) is 2.87. The summed E-state index contributed by atoms with van der Waals surface area (Å²) >= 11 is 0. The van der Waals surface area contributed by atoms with Gasteiger partial charge in [0.15, 0.2) is 0 Å². The molecule has 0 radical (unpaired) electrons. The highest BCUT2D eigenvalue weighted by atomic mass is 16.6. The predicted molar refractivity (Wildman–Crippen MR) is 71.0 cm³/mol. The summed E-state index contributed by atoms with van der Waals surface area (Å²) in [5, 5.41) is 20.3. The number of carbonyl (C=O) groups excluding carboxylic acids is 2. The van der Waals surface area contributed by atoms with Crippen molar-refractivity contribution < 1.29 is 14.5 Å². The summed E-state index contributed by atoms with van der Waals surface area (Å²) in [6.07, 6.45) is -0.810. The average molecular weight is 281 g/mol. The van der Waals surface area contributed by atoms with E-state index in [4.69, 9.17) is 0 Å². The van der Waals surface area contributed by atoms with Gasteiger partial charge in [0.25, 0.3) is 5.69 Å². The van der Waals surface area contributed by atoms with Crippen molar-refractivity contribution >= 4 is 17.7 Å². The Labute approximate surface area is 114 Å². The Morgan fingerprint density at radius 2 is 1.50 bits per heavy atom. The number of benzene rings is 1. The molecule has 20 heavy (non-hydrogen) atoms. The van der Waals surface area contributed by atoms with Crippen molar-refractivity contribution in [2.24, 2.45) is 0 Å². The highest BCUT2D eigenvalue weighted by molar-refractivity contribution is 5.77. The normalized spacial score (nSPS) is 9.75. The van der Waals surface area contributed by atoms with Crippen LogP contribution in [0.1, 0.15) is 11.7 Å². The molecule has 0 aliphatic heterocycles. The topological polar surface area (TPSA) is 125 Å². The SMILES string of the molecule is CNC(=O)NC(NC(=O)NC)c1ccc([N+](=O)[O-])cc1. The maximum absolute atomic E-state index is 11.3. The van der Waals surface area contributed by atoms with E-state index < -0.39 is 23.2 Å². The fourth-order valence-corrected chi connectivity index (χ4v) is 1.40. The molecule has 1 rings (SSSR count). The smallest absolute Gasteiger partial charge is 0.316 e. The van der Waals surface area contributed by atoms with Crippen LogP contribution in [0.3, 0.4) is 0 Å². The van der Waals surface area contributed by atoms with Crippen molar-refractivity contribution in [3.8, 4) is 0 Å². The molecule has 4 amide bonds. The van der Waals surface area contributed by atoms with E-state index in [1.165, 1.54) is 38.4 Å². The van der Waals surface area contributed by atoms with E-state index in [1.807, 2.05) is 0 Å². The van der Waals surface area contributed by atoms with Crippen LogP contribution in [-0.4, -0.2) is 31.1 Å². The number of rotatable bonds is 4. The second-order valence-electron chi connectivity index (χ2n) is 3.73. The van der Waals surface area contributed by atoms with Gasteiger partial charge in [-0.05, 0) is 17.7 Å². The number of nitro benzene ring substituents is 1. The molecule has 9 nitrogen and oxygen atoms in total. The predicted octanol–water partition coefficient (Wildman–Crippen LogP) is 0.451. The second kappa shape index (κ2) is 6.92. The van der Waals surface area contributed by atoms with Gasteiger partial charge >= 0.3 is 12.1 Å². The van der Waals surface area contributed by atoms with Gasteiger partial charge in [0, 0.05) is 26.2 Å². The fraction of sp³-hybridized carbons (Fsp3) is 0.273. The lowest BCUT2D eigenvalue weighted by Crippen LogP contribution is -2.46. The zero-order valence-electron chi connectivity index (χ0n) is 11.0. The van der Waals surface area contributed by atoms with Crippen LogP contribution in [0.2, 0.25) is 0 Å². The Morgan fingerprint density at radius 3 is 1.85 bits per heavy atom. The van der Waals surface area contributed by atoms with Crippen molar-refractivity contribution in [1.82, 2.24) is 21.3 Å². The Bertz CT molecular complexity index is 484. The molecule has 0 atom stereocenters. The first kappa shape index (κ1) is 15.2. The molecule has 0 bridgehead atoms. The minimum Gasteiger partial charge on any atom is -0.341 e. The molecule has 0 aliphatic carbocycles. The van der Waals surface area contributed by atoms with Gasteiger partial charge < -0.3 is 21.3 Å². The monoisotopic (exact) mass is 281 g/mol. The van der Waals surface area contributed by atoms with Gasteiger partial charge in [-0.25, -0.2) is 9.59 Å². The van der Waals surface area contributed by atoms with E-state index in [0.29, 0.717) is 5.56 Å². The Morgan fingerprint density at radius 1 is 1.05 bits per heavy atom. The number of non-ortho nitro benzene ring substituents is 1. The quantitative estimate of drug-likeness (QED) is 0.363. The molecule has 0 fully saturated rings. The fourth-order valence-electron chi connectivity index (χ4n) is 1.40. The molecule has 0 aliphatic rings. The molecule has 0 saturated carbocycles. The molecule has 0 spiro atoms. The third-order valence-corrected chi connectivity index (χ3v) is 2.44. The van der Waals surface area contributed by atoms with Crippen LogP contribution >= 0.6 is 0 Å². The first-order chi connectivity index (χ1) is 9.47. The van der Waals surface area contributed by atoms with Gasteiger partial charge in [0.2, 0.25) is 0 Å². The van der Waals surface area contributed by atoms with Crippen molar-refractivity contribution in [3.63, 3.8) is 0 Å². The van der Waals surface area contributed by atoms with Crippen LogP contribution in [-0.2, 0) is 0 Å². The van der Waals surface area contributed by atoms with Crippen LogP contribution in [0.5, 0.6) is 0 Å². The highest BCUT2D eigenvalue weighted by Gasteiger charge is 2.17. The lowest BCUT2D eigenvalue weighted by molar-refractivity contribution is -0.384. The average Bonchev–Trinajstić information content (AvgIpc) is 2.46. The molecule has 1 aromatic rings. The first-order valence-corrected chi connectivity index (χ1v) is 5.68. The molecule has 0 unspecified atom stereocenters. The molecular formula is C11H15N5O4. The molecule has 108 valence electrons. The van der Waals surface area contributed by atoms with Gasteiger partial charge in [-0.3, -0.25) is 10.1 Å². The molecule has 0 saturated heterocycles. The van der Waals surface area contributed by atoms with Crippen LogP contribution in [0.4, 0.5) is 15.3 Å². The van der Waals surface area contributed by atoms with Crippen LogP contribution in [0.15, 0.2) is 24.3 Å². The molecule has 1 aromatic carbocycles. The number of carbonyl (C=O) groups is 2. The Hall–Kier alpha value is -2.84. The molecule has 0 aromatic heterocycles. The second-order valence-corrected chi connectivity index (χ2v) is 3.73. The number of nitrogens with zero attached hydrogens (tertiary/aromatic N) is 1. The van der Waals surface area contributed by atoms with E-state index in [0.717, 1.165) is 0 Å². The van der Waals surface area contributed by atoms with Gasteiger partial charge in [0.1, 0.15) is 6.17 Å². The van der Waals surface area contributed by atoms with E-state index in [2.05, 4.69) is 21.3 Å². The molecular weight excluding hydrogens is 266 g/mol. The Balaban J connectivity index is 2.93. The van der Waals surface area contributed by atoms with E-state index in [-0.39, 0.29) is 5.69 Å². The third kappa shape index (κ3) is 4.12. The van der Waals surface area contributed by atoms with Gasteiger partial charge in [-0.2, -0.15) is 0 Å². The number of hydrogen-bond donors (Lipinski definition) is 4. The van der Waals surface area contributed by atoms with E-state index >= 15 is 0 Å². The number of amides is 4.